The minimum absolute atomic E-state index is 0.0536. The molecule has 5 nitrogen and oxygen atoms in total. The first kappa shape index (κ1) is 26.1. The fourth-order valence-electron chi connectivity index (χ4n) is 4.41. The van der Waals surface area contributed by atoms with E-state index in [4.69, 9.17) is 4.74 Å². The molecule has 3 N–H and O–H groups in total. The lowest BCUT2D eigenvalue weighted by Gasteiger charge is -2.31. The van der Waals surface area contributed by atoms with Gasteiger partial charge in [-0.3, -0.25) is 0 Å². The summed E-state index contributed by atoms with van der Waals surface area (Å²) in [5.74, 6) is -1.41. The molecule has 0 fully saturated rings. The smallest absolute Gasteiger partial charge is 0.407 e. The first-order chi connectivity index (χ1) is 16.0. The van der Waals surface area contributed by atoms with Gasteiger partial charge in [-0.15, -0.1) is 0 Å². The van der Waals surface area contributed by atoms with Crippen molar-refractivity contribution in [3.8, 4) is 0 Å². The van der Waals surface area contributed by atoms with Crippen LogP contribution in [0, 0.1) is 11.6 Å². The standard InChI is InChI=1S/C27H36F2N2O3/c1-5-17-9-10-19-7-6-8-23(22(19)13-17)30-16-25(32)24(31-26(33)34-27(2,3)4)14-18-11-20(28)15-21(29)12-18/h9-13,15,23-25,30,32H,5-8,14,16H2,1-4H3,(H,31,33)/t23?,24?,25-/m0/s1. The fraction of sp³-hybridized carbons (Fsp3) is 0.519. The molecule has 1 aliphatic rings. The molecule has 0 saturated carbocycles. The summed E-state index contributed by atoms with van der Waals surface area (Å²) in [4.78, 5) is 12.4. The lowest BCUT2D eigenvalue weighted by atomic mass is 9.86. The number of rotatable bonds is 8. The maximum atomic E-state index is 13.7. The number of alkyl carbamates (subject to hydrolysis) is 1. The van der Waals surface area contributed by atoms with Crippen molar-refractivity contribution in [2.24, 2.45) is 0 Å². The number of aliphatic hydroxyl groups excluding tert-OH is 1. The summed E-state index contributed by atoms with van der Waals surface area (Å²) in [5.41, 5.74) is 3.46. The zero-order valence-corrected chi connectivity index (χ0v) is 20.5. The van der Waals surface area contributed by atoms with Crippen molar-refractivity contribution in [1.29, 1.82) is 0 Å². The molecule has 0 aliphatic heterocycles. The van der Waals surface area contributed by atoms with Crippen LogP contribution in [-0.4, -0.2) is 35.5 Å². The van der Waals surface area contributed by atoms with Crippen LogP contribution in [0.4, 0.5) is 13.6 Å². The van der Waals surface area contributed by atoms with Gasteiger partial charge in [0.05, 0.1) is 12.1 Å². The van der Waals surface area contributed by atoms with Crippen molar-refractivity contribution in [2.45, 2.75) is 83.6 Å². The van der Waals surface area contributed by atoms with Crippen molar-refractivity contribution in [1.82, 2.24) is 10.6 Å². The van der Waals surface area contributed by atoms with E-state index < -0.39 is 35.5 Å². The number of halogens is 2. The number of aliphatic hydroxyl groups is 1. The van der Waals surface area contributed by atoms with Crippen LogP contribution in [0.1, 0.15) is 68.8 Å². The topological polar surface area (TPSA) is 70.6 Å². The predicted molar refractivity (Wildman–Crippen MR) is 129 cm³/mol. The Kier molecular flexibility index (Phi) is 8.66. The largest absolute Gasteiger partial charge is 0.444 e. The number of hydrogen-bond acceptors (Lipinski definition) is 4. The third-order valence-corrected chi connectivity index (χ3v) is 6.05. The Hall–Kier alpha value is -2.51. The highest BCUT2D eigenvalue weighted by atomic mass is 19.1. The van der Waals surface area contributed by atoms with Crippen LogP contribution < -0.4 is 10.6 Å². The molecule has 1 amide bonds. The number of carbonyl (C=O) groups excluding carboxylic acids is 1. The van der Waals surface area contributed by atoms with Crippen molar-refractivity contribution in [3.63, 3.8) is 0 Å². The van der Waals surface area contributed by atoms with Crippen molar-refractivity contribution >= 4 is 6.09 Å². The quantitative estimate of drug-likeness (QED) is 0.504. The molecule has 0 bridgehead atoms. The molecule has 0 saturated heterocycles. The van der Waals surface area contributed by atoms with Crippen molar-refractivity contribution in [3.05, 3.63) is 70.3 Å². The molecular weight excluding hydrogens is 438 g/mol. The summed E-state index contributed by atoms with van der Waals surface area (Å²) in [6.07, 6.45) is 2.35. The van der Waals surface area contributed by atoms with Gasteiger partial charge in [0, 0.05) is 18.7 Å². The Labute approximate surface area is 200 Å². The second-order valence-electron chi connectivity index (χ2n) is 10.0. The van der Waals surface area contributed by atoms with E-state index in [9.17, 15) is 18.7 Å². The zero-order chi connectivity index (χ0) is 24.9. The Morgan fingerprint density at radius 1 is 1.15 bits per heavy atom. The number of benzene rings is 2. The summed E-state index contributed by atoms with van der Waals surface area (Å²) in [7, 11) is 0. The van der Waals surface area contributed by atoms with Gasteiger partial charge >= 0.3 is 6.09 Å². The molecule has 2 aromatic rings. The second kappa shape index (κ2) is 11.3. The number of ether oxygens (including phenoxy) is 1. The average Bonchev–Trinajstić information content (AvgIpc) is 2.74. The van der Waals surface area contributed by atoms with E-state index in [-0.39, 0.29) is 19.0 Å². The molecule has 0 aromatic heterocycles. The van der Waals surface area contributed by atoms with E-state index in [1.807, 2.05) is 0 Å². The normalized spacial score (nSPS) is 17.6. The molecule has 34 heavy (non-hydrogen) atoms. The van der Waals surface area contributed by atoms with E-state index in [1.54, 1.807) is 20.8 Å². The van der Waals surface area contributed by atoms with Crippen LogP contribution in [0.15, 0.2) is 36.4 Å². The maximum Gasteiger partial charge on any atom is 0.407 e. The minimum Gasteiger partial charge on any atom is -0.444 e. The highest BCUT2D eigenvalue weighted by Gasteiger charge is 2.27. The molecular formula is C27H36F2N2O3. The Bertz CT molecular complexity index is 970. The molecule has 0 radical (unpaired) electrons. The van der Waals surface area contributed by atoms with Gasteiger partial charge < -0.3 is 20.5 Å². The van der Waals surface area contributed by atoms with Crippen LogP contribution in [0.25, 0.3) is 0 Å². The number of carbonyl (C=O) groups is 1. The summed E-state index contributed by atoms with van der Waals surface area (Å²) < 4.78 is 32.8. The SMILES string of the molecule is CCc1ccc2c(c1)C(NC[C@H](O)C(Cc1cc(F)cc(F)c1)NC(=O)OC(C)(C)C)CCC2. The lowest BCUT2D eigenvalue weighted by molar-refractivity contribution is 0.0419. The van der Waals surface area contributed by atoms with E-state index in [2.05, 4.69) is 35.8 Å². The third-order valence-electron chi connectivity index (χ3n) is 6.05. The van der Waals surface area contributed by atoms with Crippen LogP contribution in [0.3, 0.4) is 0 Å². The summed E-state index contributed by atoms with van der Waals surface area (Å²) in [5, 5.41) is 17.2. The average molecular weight is 475 g/mol. The minimum atomic E-state index is -1.00. The van der Waals surface area contributed by atoms with Gasteiger partial charge in [0.15, 0.2) is 0 Å². The van der Waals surface area contributed by atoms with Crippen molar-refractivity contribution in [2.75, 3.05) is 6.54 Å². The Morgan fingerprint density at radius 3 is 2.50 bits per heavy atom. The van der Waals surface area contributed by atoms with Gasteiger partial charge in [0.2, 0.25) is 0 Å². The van der Waals surface area contributed by atoms with Gasteiger partial charge in [0.1, 0.15) is 17.2 Å². The first-order valence-corrected chi connectivity index (χ1v) is 12.0. The molecule has 2 aromatic carbocycles. The molecule has 0 heterocycles. The van der Waals surface area contributed by atoms with E-state index in [0.717, 1.165) is 31.7 Å². The summed E-state index contributed by atoms with van der Waals surface area (Å²) in [6, 6.07) is 9.08. The summed E-state index contributed by atoms with van der Waals surface area (Å²) >= 11 is 0. The molecule has 3 atom stereocenters. The number of amides is 1. The Balaban J connectivity index is 1.73. The third kappa shape index (κ3) is 7.50. The van der Waals surface area contributed by atoms with Crippen molar-refractivity contribution < 1.29 is 23.4 Å². The number of nitrogens with one attached hydrogen (secondary N) is 2. The highest BCUT2D eigenvalue weighted by Crippen LogP contribution is 2.30. The van der Waals surface area contributed by atoms with E-state index in [1.165, 1.54) is 28.8 Å². The maximum absolute atomic E-state index is 13.7. The number of fused-ring (bicyclic) bond motifs is 1. The second-order valence-corrected chi connectivity index (χ2v) is 10.0. The van der Waals surface area contributed by atoms with Gasteiger partial charge in [-0.25, -0.2) is 13.6 Å². The molecule has 0 spiro atoms. The first-order valence-electron chi connectivity index (χ1n) is 12.0. The Morgan fingerprint density at radius 2 is 1.85 bits per heavy atom. The monoisotopic (exact) mass is 474 g/mol. The van der Waals surface area contributed by atoms with Crippen LogP contribution in [0.5, 0.6) is 0 Å². The number of hydrogen-bond donors (Lipinski definition) is 3. The van der Waals surface area contributed by atoms with Gasteiger partial charge in [-0.2, -0.15) is 0 Å². The van der Waals surface area contributed by atoms with Crippen LogP contribution in [-0.2, 0) is 24.0 Å². The zero-order valence-electron chi connectivity index (χ0n) is 20.5. The molecule has 1 aliphatic carbocycles. The predicted octanol–water partition coefficient (Wildman–Crippen LogP) is 4.99. The molecule has 2 unspecified atom stereocenters. The van der Waals surface area contributed by atoms with E-state index in [0.29, 0.717) is 5.56 Å². The highest BCUT2D eigenvalue weighted by molar-refractivity contribution is 5.68. The number of aryl methyl sites for hydroxylation is 2. The van der Waals surface area contributed by atoms with Gasteiger partial charge in [0.25, 0.3) is 0 Å². The van der Waals surface area contributed by atoms with Crippen LogP contribution in [0.2, 0.25) is 0 Å². The van der Waals surface area contributed by atoms with Crippen LogP contribution >= 0.6 is 0 Å². The van der Waals surface area contributed by atoms with Gasteiger partial charge in [-0.05, 0) is 87.3 Å². The molecule has 186 valence electrons. The fourth-order valence-corrected chi connectivity index (χ4v) is 4.41. The van der Waals surface area contributed by atoms with E-state index >= 15 is 0 Å². The lowest BCUT2D eigenvalue weighted by Crippen LogP contribution is -2.50. The molecule has 3 rings (SSSR count). The van der Waals surface area contributed by atoms with Gasteiger partial charge in [-0.1, -0.05) is 25.1 Å². The summed E-state index contributed by atoms with van der Waals surface area (Å²) in [6.45, 7) is 7.56. The molecule has 7 heteroatoms.